The monoisotopic (exact) mass is 310 g/mol. The van der Waals surface area contributed by atoms with Crippen molar-refractivity contribution in [2.45, 2.75) is 26.3 Å². The molecule has 0 aliphatic carbocycles. The zero-order chi connectivity index (χ0) is 15.6. The molecule has 1 saturated heterocycles. The highest BCUT2D eigenvalue weighted by Gasteiger charge is 2.35. The molecule has 1 aromatic rings. The van der Waals surface area contributed by atoms with Gasteiger partial charge < -0.3 is 15.8 Å². The van der Waals surface area contributed by atoms with Crippen molar-refractivity contribution in [3.05, 3.63) is 21.9 Å². The first-order valence-corrected chi connectivity index (χ1v) is 7.87. The van der Waals surface area contributed by atoms with E-state index in [1.165, 1.54) is 0 Å². The summed E-state index contributed by atoms with van der Waals surface area (Å²) in [6.07, 6.45) is 0. The molecule has 0 aromatic carbocycles. The predicted octanol–water partition coefficient (Wildman–Crippen LogP) is 1.34. The van der Waals surface area contributed by atoms with Crippen LogP contribution < -0.4 is 5.73 Å². The van der Waals surface area contributed by atoms with Crippen LogP contribution >= 0.6 is 11.3 Å². The Morgan fingerprint density at radius 3 is 2.43 bits per heavy atom. The number of hydrogen-bond donors (Lipinski definition) is 2. The van der Waals surface area contributed by atoms with Crippen LogP contribution in [0, 0.1) is 6.92 Å². The van der Waals surface area contributed by atoms with Gasteiger partial charge in [-0.1, -0.05) is 5.16 Å². The lowest BCUT2D eigenvalue weighted by Gasteiger charge is -2.43. The van der Waals surface area contributed by atoms with Gasteiger partial charge in [0.25, 0.3) is 5.91 Å². The number of carbonyl (C=O) groups is 1. The zero-order valence-electron chi connectivity index (χ0n) is 12.7. The van der Waals surface area contributed by atoms with Crippen molar-refractivity contribution in [1.29, 1.82) is 0 Å². The first kappa shape index (κ1) is 15.8. The smallest absolute Gasteiger partial charge is 0.255 e. The minimum absolute atomic E-state index is 0.0926. The van der Waals surface area contributed by atoms with Crippen LogP contribution in [-0.4, -0.2) is 58.5 Å². The molecule has 0 atom stereocenters. The molecule has 1 aliphatic rings. The Kier molecular flexibility index (Phi) is 4.53. The third-order valence-corrected chi connectivity index (χ3v) is 5.04. The number of thiophene rings is 1. The fraction of sp³-hybridized carbons (Fsp3) is 0.571. The molecule has 1 amide bonds. The normalized spacial score (nSPS) is 18.0. The van der Waals surface area contributed by atoms with E-state index in [2.05, 4.69) is 10.1 Å². The maximum absolute atomic E-state index is 12.5. The van der Waals surface area contributed by atoms with Crippen molar-refractivity contribution in [2.75, 3.05) is 26.2 Å². The van der Waals surface area contributed by atoms with Crippen LogP contribution in [0.1, 0.15) is 29.8 Å². The maximum atomic E-state index is 12.5. The Morgan fingerprint density at radius 1 is 1.33 bits per heavy atom. The molecule has 0 spiro atoms. The van der Waals surface area contributed by atoms with Crippen molar-refractivity contribution in [3.63, 3.8) is 0 Å². The summed E-state index contributed by atoms with van der Waals surface area (Å²) >= 11 is 1.55. The van der Waals surface area contributed by atoms with Crippen LogP contribution in [-0.2, 0) is 0 Å². The van der Waals surface area contributed by atoms with E-state index in [1.54, 1.807) is 11.3 Å². The summed E-state index contributed by atoms with van der Waals surface area (Å²) in [5.74, 6) is 0.283. The molecule has 0 bridgehead atoms. The van der Waals surface area contributed by atoms with E-state index in [0.717, 1.165) is 11.1 Å². The van der Waals surface area contributed by atoms with Gasteiger partial charge in [-0.05, 0) is 31.7 Å². The molecule has 2 heterocycles. The number of amidine groups is 1. The molecule has 0 radical (unpaired) electrons. The van der Waals surface area contributed by atoms with Gasteiger partial charge in [0.1, 0.15) is 0 Å². The lowest BCUT2D eigenvalue weighted by atomic mass is 10.00. The number of oxime groups is 1. The number of nitrogens with zero attached hydrogens (tertiary/aromatic N) is 3. The number of amides is 1. The fourth-order valence-electron chi connectivity index (χ4n) is 2.50. The van der Waals surface area contributed by atoms with E-state index >= 15 is 0 Å². The van der Waals surface area contributed by atoms with Gasteiger partial charge in [-0.2, -0.15) is 11.3 Å². The van der Waals surface area contributed by atoms with E-state index in [0.29, 0.717) is 26.2 Å². The Hall–Kier alpha value is -1.60. The Balaban J connectivity index is 2.01. The second-order valence-corrected chi connectivity index (χ2v) is 6.54. The second-order valence-electron chi connectivity index (χ2n) is 5.79. The number of piperazine rings is 1. The van der Waals surface area contributed by atoms with E-state index in [9.17, 15) is 4.79 Å². The van der Waals surface area contributed by atoms with Crippen LogP contribution in [0.5, 0.6) is 0 Å². The minimum atomic E-state index is -0.512. The van der Waals surface area contributed by atoms with Crippen molar-refractivity contribution < 1.29 is 10.0 Å². The van der Waals surface area contributed by atoms with Gasteiger partial charge in [0.2, 0.25) is 0 Å². The molecule has 1 aliphatic heterocycles. The van der Waals surface area contributed by atoms with Gasteiger partial charge in [0.15, 0.2) is 5.84 Å². The number of aryl methyl sites for hydroxylation is 1. The van der Waals surface area contributed by atoms with Crippen LogP contribution in [0.25, 0.3) is 0 Å². The number of carbonyl (C=O) groups excluding carboxylic acids is 1. The van der Waals surface area contributed by atoms with Crippen LogP contribution in [0.4, 0.5) is 0 Å². The number of rotatable bonds is 3. The van der Waals surface area contributed by atoms with Gasteiger partial charge in [-0.3, -0.25) is 9.69 Å². The molecule has 3 N–H and O–H groups in total. The van der Waals surface area contributed by atoms with Crippen molar-refractivity contribution in [3.8, 4) is 0 Å². The number of nitrogens with two attached hydrogens (primary N) is 1. The van der Waals surface area contributed by atoms with E-state index in [-0.39, 0.29) is 11.7 Å². The Labute approximate surface area is 128 Å². The molecule has 21 heavy (non-hydrogen) atoms. The SMILES string of the molecule is Cc1cscc1C(=O)N1CCN(C(C)(C)C(N)=NO)CC1. The largest absolute Gasteiger partial charge is 0.409 e. The first-order chi connectivity index (χ1) is 9.87. The highest BCUT2D eigenvalue weighted by atomic mass is 32.1. The van der Waals surface area contributed by atoms with E-state index in [4.69, 9.17) is 10.9 Å². The Bertz CT molecular complexity index is 545. The first-order valence-electron chi connectivity index (χ1n) is 6.93. The highest BCUT2D eigenvalue weighted by molar-refractivity contribution is 7.08. The van der Waals surface area contributed by atoms with E-state index in [1.807, 2.05) is 36.4 Å². The highest BCUT2D eigenvalue weighted by Crippen LogP contribution is 2.20. The van der Waals surface area contributed by atoms with E-state index < -0.39 is 5.54 Å². The molecule has 2 rings (SSSR count). The molecule has 1 fully saturated rings. The molecule has 0 saturated carbocycles. The zero-order valence-corrected chi connectivity index (χ0v) is 13.5. The van der Waals surface area contributed by atoms with Crippen molar-refractivity contribution >= 4 is 23.1 Å². The second kappa shape index (κ2) is 6.03. The van der Waals surface area contributed by atoms with Crippen molar-refractivity contribution in [1.82, 2.24) is 9.80 Å². The third-order valence-electron chi connectivity index (χ3n) is 4.18. The topological polar surface area (TPSA) is 82.2 Å². The van der Waals surface area contributed by atoms with Crippen LogP contribution in [0.3, 0.4) is 0 Å². The number of hydrogen-bond acceptors (Lipinski definition) is 5. The standard InChI is InChI=1S/C14H22N4O2S/c1-10-8-21-9-11(10)12(19)17-4-6-18(7-5-17)14(2,3)13(15)16-20/h8-9,20H,4-7H2,1-3H3,(H2,15,16). The maximum Gasteiger partial charge on any atom is 0.255 e. The average molecular weight is 310 g/mol. The lowest BCUT2D eigenvalue weighted by Crippen LogP contribution is -2.60. The minimum Gasteiger partial charge on any atom is -0.409 e. The molecule has 6 nitrogen and oxygen atoms in total. The van der Waals surface area contributed by atoms with Gasteiger partial charge in [-0.15, -0.1) is 0 Å². The molecular formula is C14H22N4O2S. The van der Waals surface area contributed by atoms with Crippen molar-refractivity contribution in [2.24, 2.45) is 10.9 Å². The summed E-state index contributed by atoms with van der Waals surface area (Å²) in [5.41, 5.74) is 7.07. The summed E-state index contributed by atoms with van der Waals surface area (Å²) in [6, 6.07) is 0. The fourth-order valence-corrected chi connectivity index (χ4v) is 3.32. The van der Waals surface area contributed by atoms with Crippen LogP contribution in [0.2, 0.25) is 0 Å². The summed E-state index contributed by atoms with van der Waals surface area (Å²) in [7, 11) is 0. The van der Waals surface area contributed by atoms with Gasteiger partial charge in [0.05, 0.1) is 11.1 Å². The molecule has 1 aromatic heterocycles. The third kappa shape index (κ3) is 3.03. The average Bonchev–Trinajstić information content (AvgIpc) is 2.91. The Morgan fingerprint density at radius 2 is 1.95 bits per heavy atom. The van der Waals surface area contributed by atoms with Gasteiger partial charge >= 0.3 is 0 Å². The van der Waals surface area contributed by atoms with Gasteiger partial charge in [0, 0.05) is 31.6 Å². The molecular weight excluding hydrogens is 288 g/mol. The van der Waals surface area contributed by atoms with Crippen LogP contribution in [0.15, 0.2) is 15.9 Å². The molecule has 116 valence electrons. The predicted molar refractivity (Wildman–Crippen MR) is 84.0 cm³/mol. The quantitative estimate of drug-likeness (QED) is 0.382. The summed E-state index contributed by atoms with van der Waals surface area (Å²) in [6.45, 7) is 8.51. The lowest BCUT2D eigenvalue weighted by molar-refractivity contribution is 0.0531. The molecule has 7 heteroatoms. The summed E-state index contributed by atoms with van der Waals surface area (Å²) < 4.78 is 0. The summed E-state index contributed by atoms with van der Waals surface area (Å²) in [5, 5.41) is 15.9. The van der Waals surface area contributed by atoms with Gasteiger partial charge in [-0.25, -0.2) is 0 Å². The molecule has 0 unspecified atom stereocenters. The summed E-state index contributed by atoms with van der Waals surface area (Å²) in [4.78, 5) is 16.5.